The molecule has 0 aromatic carbocycles. The van der Waals surface area contributed by atoms with Gasteiger partial charge in [0.05, 0.1) is 0 Å². The molecule has 1 heterocycles. The van der Waals surface area contributed by atoms with Crippen LogP contribution in [0.25, 0.3) is 0 Å². The summed E-state index contributed by atoms with van der Waals surface area (Å²) in [5, 5.41) is 11.4. The summed E-state index contributed by atoms with van der Waals surface area (Å²) in [6.45, 7) is 1.36. The summed E-state index contributed by atoms with van der Waals surface area (Å²) in [6, 6.07) is -0.711. The first-order valence-electron chi connectivity index (χ1n) is 3.30. The van der Waals surface area contributed by atoms with Crippen molar-refractivity contribution in [2.24, 2.45) is 4.99 Å². The van der Waals surface area contributed by atoms with Crippen LogP contribution in [-0.4, -0.2) is 33.9 Å². The number of nitrogens with one attached hydrogen (secondary N) is 1. The normalized spacial score (nSPS) is 21.8. The van der Waals surface area contributed by atoms with Crippen LogP contribution in [0.1, 0.15) is 6.92 Å². The molecule has 0 unspecified atom stereocenters. The minimum Gasteiger partial charge on any atom is -0.480 e. The summed E-state index contributed by atoms with van der Waals surface area (Å²) in [5.41, 5.74) is 0. The average molecular weight is 188 g/mol. The van der Waals surface area contributed by atoms with Crippen LogP contribution in [0.2, 0.25) is 0 Å². The van der Waals surface area contributed by atoms with Gasteiger partial charge < -0.3 is 10.4 Å². The number of carbonyl (C=O) groups excluding carboxylic acids is 1. The predicted octanol–water partition coefficient (Wildman–Crippen LogP) is -0.321. The lowest BCUT2D eigenvalue weighted by Gasteiger charge is -1.96. The molecule has 5 nitrogen and oxygen atoms in total. The summed E-state index contributed by atoms with van der Waals surface area (Å²) in [5.74, 6) is -0.791. The van der Waals surface area contributed by atoms with E-state index in [1.165, 1.54) is 18.7 Å². The van der Waals surface area contributed by atoms with Crippen LogP contribution in [0.4, 0.5) is 0 Å². The Kier molecular flexibility index (Phi) is 2.69. The van der Waals surface area contributed by atoms with E-state index in [-0.39, 0.29) is 5.91 Å². The van der Waals surface area contributed by atoms with Crippen LogP contribution in [0.3, 0.4) is 0 Å². The number of aliphatic imine (C=N–C) groups is 1. The molecule has 0 radical (unpaired) electrons. The van der Waals surface area contributed by atoms with E-state index < -0.39 is 12.0 Å². The van der Waals surface area contributed by atoms with E-state index in [2.05, 4.69) is 10.3 Å². The summed E-state index contributed by atoms with van der Waals surface area (Å²) in [6.07, 6.45) is 0. The van der Waals surface area contributed by atoms with Crippen LogP contribution >= 0.6 is 11.8 Å². The van der Waals surface area contributed by atoms with Crippen LogP contribution in [0.5, 0.6) is 0 Å². The van der Waals surface area contributed by atoms with Gasteiger partial charge in [0.25, 0.3) is 0 Å². The van der Waals surface area contributed by atoms with E-state index in [9.17, 15) is 9.59 Å². The Hall–Kier alpha value is -1.04. The molecule has 1 amide bonds. The molecule has 0 aromatic heterocycles. The van der Waals surface area contributed by atoms with Gasteiger partial charge in [-0.3, -0.25) is 4.79 Å². The number of amides is 1. The van der Waals surface area contributed by atoms with E-state index in [0.717, 1.165) is 0 Å². The molecule has 1 rings (SSSR count). The molecule has 1 atom stereocenters. The average Bonchev–Trinajstić information content (AvgIpc) is 2.34. The number of carboxylic acids is 1. The van der Waals surface area contributed by atoms with Gasteiger partial charge in [-0.25, -0.2) is 9.79 Å². The number of hydrogen-bond acceptors (Lipinski definition) is 4. The highest BCUT2D eigenvalue weighted by molar-refractivity contribution is 8.14. The molecule has 6 heteroatoms. The van der Waals surface area contributed by atoms with Crippen molar-refractivity contribution in [2.75, 3.05) is 5.75 Å². The van der Waals surface area contributed by atoms with E-state index in [4.69, 9.17) is 5.11 Å². The first-order valence-corrected chi connectivity index (χ1v) is 4.29. The van der Waals surface area contributed by atoms with Gasteiger partial charge >= 0.3 is 5.97 Å². The van der Waals surface area contributed by atoms with Gasteiger partial charge in [-0.1, -0.05) is 11.8 Å². The zero-order chi connectivity index (χ0) is 9.14. The molecule has 0 saturated carbocycles. The van der Waals surface area contributed by atoms with Crippen molar-refractivity contribution >= 4 is 28.8 Å². The molecule has 66 valence electrons. The Balaban J connectivity index is 2.54. The molecule has 1 aliphatic rings. The lowest BCUT2D eigenvalue weighted by molar-refractivity contribution is -0.137. The maximum absolute atomic E-state index is 10.5. The van der Waals surface area contributed by atoms with E-state index >= 15 is 0 Å². The molecule has 0 saturated heterocycles. The summed E-state index contributed by atoms with van der Waals surface area (Å²) in [4.78, 5) is 24.7. The number of rotatable bonds is 1. The number of hydrogen-bond donors (Lipinski definition) is 2. The maximum Gasteiger partial charge on any atom is 0.329 e. The second kappa shape index (κ2) is 3.57. The summed E-state index contributed by atoms with van der Waals surface area (Å²) >= 11 is 1.24. The Morgan fingerprint density at radius 1 is 1.75 bits per heavy atom. The molecule has 0 aromatic rings. The van der Waals surface area contributed by atoms with Crippen molar-refractivity contribution in [3.8, 4) is 0 Å². The van der Waals surface area contributed by atoms with Gasteiger partial charge in [0.1, 0.15) is 0 Å². The molecule has 0 spiro atoms. The van der Waals surface area contributed by atoms with Gasteiger partial charge in [0.2, 0.25) is 5.91 Å². The fraction of sp³-hybridized carbons (Fsp3) is 0.500. The Bertz CT molecular complexity index is 251. The van der Waals surface area contributed by atoms with E-state index in [1.54, 1.807) is 0 Å². The molecule has 2 N–H and O–H groups in total. The topological polar surface area (TPSA) is 78.8 Å². The van der Waals surface area contributed by atoms with Crippen molar-refractivity contribution in [2.45, 2.75) is 13.0 Å². The molecule has 1 aliphatic heterocycles. The lowest BCUT2D eigenvalue weighted by Crippen LogP contribution is -2.24. The van der Waals surface area contributed by atoms with Gasteiger partial charge in [-0.15, -0.1) is 0 Å². The second-order valence-electron chi connectivity index (χ2n) is 2.28. The van der Waals surface area contributed by atoms with Crippen LogP contribution in [0, 0.1) is 0 Å². The predicted molar refractivity (Wildman–Crippen MR) is 45.1 cm³/mol. The molecule has 0 fully saturated rings. The minimum absolute atomic E-state index is 0.229. The Labute approximate surface area is 73.2 Å². The van der Waals surface area contributed by atoms with Crippen molar-refractivity contribution in [3.05, 3.63) is 0 Å². The third kappa shape index (κ3) is 2.23. The fourth-order valence-corrected chi connectivity index (χ4v) is 1.67. The van der Waals surface area contributed by atoms with Crippen LogP contribution in [0.15, 0.2) is 4.99 Å². The molecule has 12 heavy (non-hydrogen) atoms. The van der Waals surface area contributed by atoms with Crippen molar-refractivity contribution < 1.29 is 14.7 Å². The first-order chi connectivity index (χ1) is 5.59. The van der Waals surface area contributed by atoms with E-state index in [1.807, 2.05) is 0 Å². The highest BCUT2D eigenvalue weighted by Gasteiger charge is 2.24. The van der Waals surface area contributed by atoms with Crippen LogP contribution in [-0.2, 0) is 9.59 Å². The molecular formula is C6H8N2O3S. The Morgan fingerprint density at radius 2 is 2.42 bits per heavy atom. The van der Waals surface area contributed by atoms with Gasteiger partial charge in [-0.05, 0) is 0 Å². The van der Waals surface area contributed by atoms with E-state index in [0.29, 0.717) is 10.9 Å². The summed E-state index contributed by atoms with van der Waals surface area (Å²) < 4.78 is 0. The first kappa shape index (κ1) is 9.05. The highest BCUT2D eigenvalue weighted by atomic mass is 32.2. The number of nitrogens with zero attached hydrogens (tertiary/aromatic N) is 1. The zero-order valence-electron chi connectivity index (χ0n) is 6.40. The van der Waals surface area contributed by atoms with Gasteiger partial charge in [0.15, 0.2) is 11.2 Å². The Morgan fingerprint density at radius 3 is 2.83 bits per heavy atom. The third-order valence-electron chi connectivity index (χ3n) is 1.22. The lowest BCUT2D eigenvalue weighted by atomic mass is 10.4. The smallest absolute Gasteiger partial charge is 0.329 e. The highest BCUT2D eigenvalue weighted by Crippen LogP contribution is 2.16. The van der Waals surface area contributed by atoms with Gasteiger partial charge in [0, 0.05) is 12.7 Å². The largest absolute Gasteiger partial charge is 0.480 e. The molecular weight excluding hydrogens is 180 g/mol. The molecule has 0 bridgehead atoms. The minimum atomic E-state index is -0.956. The number of aliphatic carboxylic acids is 1. The van der Waals surface area contributed by atoms with Crippen molar-refractivity contribution in [1.82, 2.24) is 5.32 Å². The second-order valence-corrected chi connectivity index (χ2v) is 3.29. The van der Waals surface area contributed by atoms with Crippen molar-refractivity contribution in [3.63, 3.8) is 0 Å². The number of amidine groups is 1. The van der Waals surface area contributed by atoms with Crippen LogP contribution < -0.4 is 5.32 Å². The monoisotopic (exact) mass is 188 g/mol. The fourth-order valence-electron chi connectivity index (χ4n) is 0.719. The number of thioether (sulfide) groups is 1. The number of carboxylic acid groups (broad SMARTS) is 1. The zero-order valence-corrected chi connectivity index (χ0v) is 7.22. The summed E-state index contributed by atoms with van der Waals surface area (Å²) in [7, 11) is 0. The van der Waals surface area contributed by atoms with Crippen molar-refractivity contribution in [1.29, 1.82) is 0 Å². The molecule has 0 aliphatic carbocycles. The SMILES string of the molecule is CC(=O)NC1=N[C@@H](C(=O)O)CS1. The standard InChI is InChI=1S/C6H8N2O3S/c1-3(9)7-6-8-4(2-12-6)5(10)11/h4H,2H2,1H3,(H,10,11)(H,7,8,9)/t4-/m1/s1. The quantitative estimate of drug-likeness (QED) is 0.591. The maximum atomic E-state index is 10.5. The third-order valence-corrected chi connectivity index (χ3v) is 2.18. The number of carbonyl (C=O) groups is 2. The van der Waals surface area contributed by atoms with Gasteiger partial charge in [-0.2, -0.15) is 0 Å².